The van der Waals surface area contributed by atoms with Crippen molar-refractivity contribution in [3.8, 4) is 0 Å². The van der Waals surface area contributed by atoms with Crippen LogP contribution < -0.4 is 11.2 Å². The van der Waals surface area contributed by atoms with E-state index in [1.807, 2.05) is 0 Å². The summed E-state index contributed by atoms with van der Waals surface area (Å²) < 4.78 is 0.656. The van der Waals surface area contributed by atoms with Crippen LogP contribution in [0.4, 0.5) is 5.69 Å². The van der Waals surface area contributed by atoms with Gasteiger partial charge < -0.3 is 4.98 Å². The van der Waals surface area contributed by atoms with Crippen LogP contribution in [-0.4, -0.2) is 20.8 Å². The van der Waals surface area contributed by atoms with E-state index in [0.717, 1.165) is 0 Å². The fourth-order valence-corrected chi connectivity index (χ4v) is 2.32. The SMILES string of the molecule is O=c1[nH]c2ccccc2c(=O)n1N=Cc1ccc(Cl)c([N+](=O)[O-])c1. The fraction of sp³-hybridized carbons (Fsp3) is 0. The van der Waals surface area contributed by atoms with Gasteiger partial charge in [-0.3, -0.25) is 14.9 Å². The average molecular weight is 345 g/mol. The molecule has 8 nitrogen and oxygen atoms in total. The van der Waals surface area contributed by atoms with Gasteiger partial charge in [0.15, 0.2) is 0 Å². The Balaban J connectivity index is 2.09. The van der Waals surface area contributed by atoms with Gasteiger partial charge in [-0.25, -0.2) is 4.79 Å². The summed E-state index contributed by atoms with van der Waals surface area (Å²) in [7, 11) is 0. The first-order chi connectivity index (χ1) is 11.5. The highest BCUT2D eigenvalue weighted by atomic mass is 35.5. The van der Waals surface area contributed by atoms with Gasteiger partial charge in [-0.1, -0.05) is 29.8 Å². The Morgan fingerprint density at radius 1 is 1.21 bits per heavy atom. The molecule has 2 aromatic carbocycles. The van der Waals surface area contributed by atoms with Crippen molar-refractivity contribution in [2.24, 2.45) is 5.10 Å². The Morgan fingerprint density at radius 3 is 2.71 bits per heavy atom. The maximum Gasteiger partial charge on any atom is 0.349 e. The van der Waals surface area contributed by atoms with E-state index in [9.17, 15) is 19.7 Å². The van der Waals surface area contributed by atoms with Gasteiger partial charge >= 0.3 is 5.69 Å². The highest BCUT2D eigenvalue weighted by molar-refractivity contribution is 6.32. The molecule has 0 saturated carbocycles. The molecule has 0 saturated heterocycles. The predicted octanol–water partition coefficient (Wildman–Crippen LogP) is 2.13. The van der Waals surface area contributed by atoms with E-state index >= 15 is 0 Å². The summed E-state index contributed by atoms with van der Waals surface area (Å²) in [6.45, 7) is 0. The lowest BCUT2D eigenvalue weighted by Crippen LogP contribution is -2.32. The Kier molecular flexibility index (Phi) is 3.97. The van der Waals surface area contributed by atoms with Crippen LogP contribution in [0.15, 0.2) is 57.2 Å². The molecule has 3 rings (SSSR count). The number of nitrogens with one attached hydrogen (secondary N) is 1. The number of nitro benzene ring substituents is 1. The van der Waals surface area contributed by atoms with Gasteiger partial charge in [0.05, 0.1) is 22.0 Å². The lowest BCUT2D eigenvalue weighted by Gasteiger charge is -2.01. The monoisotopic (exact) mass is 344 g/mol. The third kappa shape index (κ3) is 2.82. The first-order valence-corrected chi connectivity index (χ1v) is 7.07. The van der Waals surface area contributed by atoms with Crippen LogP contribution in [0.1, 0.15) is 5.56 Å². The van der Waals surface area contributed by atoms with Gasteiger partial charge in [0.1, 0.15) is 5.02 Å². The molecule has 0 spiro atoms. The van der Waals surface area contributed by atoms with Crippen molar-refractivity contribution in [2.45, 2.75) is 0 Å². The zero-order chi connectivity index (χ0) is 17.3. The molecule has 1 heterocycles. The van der Waals surface area contributed by atoms with Crippen LogP contribution in [0.5, 0.6) is 0 Å². The second-order valence-electron chi connectivity index (χ2n) is 4.81. The van der Waals surface area contributed by atoms with Crippen molar-refractivity contribution in [3.63, 3.8) is 0 Å². The molecule has 0 aliphatic heterocycles. The third-order valence-corrected chi connectivity index (χ3v) is 3.59. The molecule has 9 heteroatoms. The second kappa shape index (κ2) is 6.09. The van der Waals surface area contributed by atoms with Gasteiger partial charge in [-0.15, -0.1) is 4.68 Å². The van der Waals surface area contributed by atoms with E-state index in [2.05, 4.69) is 10.1 Å². The normalized spacial score (nSPS) is 11.2. The summed E-state index contributed by atoms with van der Waals surface area (Å²) in [6, 6.07) is 10.6. The summed E-state index contributed by atoms with van der Waals surface area (Å²) in [6.07, 6.45) is 1.18. The number of hydrogen-bond donors (Lipinski definition) is 1. The molecule has 0 fully saturated rings. The van der Waals surface area contributed by atoms with Crippen LogP contribution in [0.25, 0.3) is 10.9 Å². The number of rotatable bonds is 3. The van der Waals surface area contributed by atoms with Crippen molar-refractivity contribution in [2.75, 3.05) is 0 Å². The average Bonchev–Trinajstić information content (AvgIpc) is 2.55. The number of fused-ring (bicyclic) bond motifs is 1. The summed E-state index contributed by atoms with van der Waals surface area (Å²) in [4.78, 5) is 37.0. The molecule has 120 valence electrons. The number of aromatic nitrogens is 2. The minimum absolute atomic E-state index is 0.0159. The lowest BCUT2D eigenvalue weighted by molar-refractivity contribution is -0.384. The Bertz CT molecular complexity index is 1100. The van der Waals surface area contributed by atoms with Crippen molar-refractivity contribution < 1.29 is 4.92 Å². The van der Waals surface area contributed by atoms with Crippen LogP contribution >= 0.6 is 11.6 Å². The number of aromatic amines is 1. The number of hydrogen-bond acceptors (Lipinski definition) is 5. The number of para-hydroxylation sites is 1. The minimum atomic E-state index is -0.710. The number of nitrogens with zero attached hydrogens (tertiary/aromatic N) is 3. The van der Waals surface area contributed by atoms with E-state index in [4.69, 9.17) is 11.6 Å². The highest BCUT2D eigenvalue weighted by Gasteiger charge is 2.12. The molecule has 0 aliphatic carbocycles. The van der Waals surface area contributed by atoms with Gasteiger partial charge in [0.25, 0.3) is 11.2 Å². The molecule has 1 aromatic heterocycles. The van der Waals surface area contributed by atoms with E-state index < -0.39 is 16.2 Å². The van der Waals surface area contributed by atoms with Crippen molar-refractivity contribution in [1.29, 1.82) is 0 Å². The van der Waals surface area contributed by atoms with Gasteiger partial charge in [0.2, 0.25) is 0 Å². The first kappa shape index (κ1) is 15.6. The second-order valence-corrected chi connectivity index (χ2v) is 5.21. The van der Waals surface area contributed by atoms with E-state index in [1.54, 1.807) is 24.3 Å². The Labute approximate surface area is 138 Å². The number of benzene rings is 2. The summed E-state index contributed by atoms with van der Waals surface area (Å²) in [5, 5.41) is 15.0. The van der Waals surface area contributed by atoms with Crippen molar-refractivity contribution in [3.05, 3.63) is 84.0 Å². The molecule has 0 atom stereocenters. The standard InChI is InChI=1S/C15H9ClN4O4/c16-11-6-5-9(7-13(11)20(23)24)8-17-19-14(21)10-3-1-2-4-12(10)18-15(19)22/h1-8H,(H,18,22). The number of nitro groups is 1. The third-order valence-electron chi connectivity index (χ3n) is 3.27. The van der Waals surface area contributed by atoms with Gasteiger partial charge in [-0.05, 0) is 18.2 Å². The molecule has 24 heavy (non-hydrogen) atoms. The first-order valence-electron chi connectivity index (χ1n) is 6.70. The maximum absolute atomic E-state index is 12.3. The van der Waals surface area contributed by atoms with Crippen molar-refractivity contribution >= 4 is 34.4 Å². The molecule has 0 radical (unpaired) electrons. The fourth-order valence-electron chi connectivity index (χ4n) is 2.13. The molecular formula is C15H9ClN4O4. The zero-order valence-corrected chi connectivity index (χ0v) is 12.7. The van der Waals surface area contributed by atoms with Crippen LogP contribution in [0.2, 0.25) is 5.02 Å². The molecule has 0 bridgehead atoms. The summed E-state index contributed by atoms with van der Waals surface area (Å²) in [5.74, 6) is 0. The maximum atomic E-state index is 12.3. The van der Waals surface area contributed by atoms with Crippen LogP contribution in [0, 0.1) is 10.1 Å². The Morgan fingerprint density at radius 2 is 1.96 bits per heavy atom. The van der Waals surface area contributed by atoms with Crippen LogP contribution in [-0.2, 0) is 0 Å². The van der Waals surface area contributed by atoms with Crippen molar-refractivity contribution in [1.82, 2.24) is 9.66 Å². The topological polar surface area (TPSA) is 110 Å². The summed E-state index contributed by atoms with van der Waals surface area (Å²) >= 11 is 5.73. The smallest absolute Gasteiger partial charge is 0.305 e. The lowest BCUT2D eigenvalue weighted by atomic mass is 10.2. The minimum Gasteiger partial charge on any atom is -0.305 e. The van der Waals surface area contributed by atoms with E-state index in [1.165, 1.54) is 24.4 Å². The van der Waals surface area contributed by atoms with Gasteiger partial charge in [-0.2, -0.15) is 5.10 Å². The molecule has 1 N–H and O–H groups in total. The molecule has 0 aliphatic rings. The Hall–Kier alpha value is -3.26. The number of H-pyrrole nitrogens is 1. The summed E-state index contributed by atoms with van der Waals surface area (Å²) in [5.41, 5.74) is -0.862. The van der Waals surface area contributed by atoms with Gasteiger partial charge in [0, 0.05) is 11.6 Å². The van der Waals surface area contributed by atoms with E-state index in [0.29, 0.717) is 21.1 Å². The molecule has 0 amide bonds. The molecule has 0 unspecified atom stereocenters. The molecule has 3 aromatic rings. The quantitative estimate of drug-likeness (QED) is 0.445. The highest BCUT2D eigenvalue weighted by Crippen LogP contribution is 2.24. The number of halogens is 1. The largest absolute Gasteiger partial charge is 0.349 e. The predicted molar refractivity (Wildman–Crippen MR) is 89.9 cm³/mol. The van der Waals surface area contributed by atoms with E-state index in [-0.39, 0.29) is 10.7 Å². The zero-order valence-electron chi connectivity index (χ0n) is 12.0. The van der Waals surface area contributed by atoms with Crippen LogP contribution in [0.3, 0.4) is 0 Å². The molecular weight excluding hydrogens is 336 g/mol.